The molecule has 9 nitrogen and oxygen atoms in total. The van der Waals surface area contributed by atoms with Gasteiger partial charge in [0.15, 0.2) is 29.0 Å². The Morgan fingerprint density at radius 1 is 1.15 bits per heavy atom. The van der Waals surface area contributed by atoms with E-state index in [1.54, 1.807) is 49.9 Å². The molecular weight excluding hydrogens is 474 g/mol. The van der Waals surface area contributed by atoms with E-state index in [0.29, 0.717) is 37.4 Å². The number of phenolic OH excluding ortho intramolecular Hbond substituents is 2. The van der Waals surface area contributed by atoms with Crippen LogP contribution in [-0.2, 0) is 12.8 Å². The molecular formula is C23H30N5O4S2+. The van der Waals surface area contributed by atoms with Crippen LogP contribution in [-0.4, -0.2) is 59.8 Å². The maximum absolute atomic E-state index is 10.3. The number of methoxy groups -OCH3 is 2. The van der Waals surface area contributed by atoms with Crippen LogP contribution >= 0.6 is 23.5 Å². The molecule has 0 saturated carbocycles. The molecule has 1 atom stereocenters. The molecule has 0 bridgehead atoms. The van der Waals surface area contributed by atoms with Crippen molar-refractivity contribution in [3.05, 3.63) is 34.9 Å². The first kappa shape index (κ1) is 24.4. The fourth-order valence-corrected chi connectivity index (χ4v) is 7.81. The highest BCUT2D eigenvalue weighted by Gasteiger charge is 2.48. The van der Waals surface area contributed by atoms with Crippen LogP contribution in [0.2, 0.25) is 0 Å². The summed E-state index contributed by atoms with van der Waals surface area (Å²) in [4.78, 5) is 11.3. The summed E-state index contributed by atoms with van der Waals surface area (Å²) in [5.74, 6) is 1.08. The molecule has 4 rings (SSSR count). The van der Waals surface area contributed by atoms with E-state index in [0.717, 1.165) is 45.2 Å². The van der Waals surface area contributed by atoms with Gasteiger partial charge in [-0.3, -0.25) is 9.98 Å². The minimum absolute atomic E-state index is 0.0335. The Labute approximate surface area is 206 Å². The van der Waals surface area contributed by atoms with Crippen molar-refractivity contribution in [2.45, 2.75) is 33.1 Å². The van der Waals surface area contributed by atoms with Crippen LogP contribution in [0.3, 0.4) is 0 Å². The van der Waals surface area contributed by atoms with E-state index in [1.165, 1.54) is 0 Å². The molecule has 2 aliphatic rings. The number of benzene rings is 2. The van der Waals surface area contributed by atoms with Gasteiger partial charge in [0.1, 0.15) is 4.08 Å². The molecule has 182 valence electrons. The number of thioether (sulfide) groups is 2. The summed E-state index contributed by atoms with van der Waals surface area (Å²) in [6, 6.07) is 5.24. The van der Waals surface area contributed by atoms with Crippen LogP contribution in [0.15, 0.2) is 38.0 Å². The fourth-order valence-electron chi connectivity index (χ4n) is 4.32. The number of aromatic hydroxyl groups is 2. The van der Waals surface area contributed by atoms with Gasteiger partial charge in [0.05, 0.1) is 31.4 Å². The smallest absolute Gasteiger partial charge is 0.185 e. The molecule has 11 heteroatoms. The van der Waals surface area contributed by atoms with E-state index in [1.807, 2.05) is 6.07 Å². The highest BCUT2D eigenvalue weighted by molar-refractivity contribution is 8.22. The molecule has 0 aromatic heterocycles. The second-order valence-corrected chi connectivity index (χ2v) is 10.9. The summed E-state index contributed by atoms with van der Waals surface area (Å²) in [6.07, 6.45) is 2.06. The molecule has 0 saturated heterocycles. The zero-order valence-corrected chi connectivity index (χ0v) is 20.9. The van der Waals surface area contributed by atoms with Crippen LogP contribution < -0.4 is 26.7 Å². The first-order valence-corrected chi connectivity index (χ1v) is 12.6. The lowest BCUT2D eigenvalue weighted by atomic mass is 9.93. The molecule has 0 spiro atoms. The number of nitrogens with two attached hydrogens (primary N) is 2. The molecule has 0 aliphatic carbocycles. The van der Waals surface area contributed by atoms with E-state index >= 15 is 0 Å². The van der Waals surface area contributed by atoms with Gasteiger partial charge in [-0.1, -0.05) is 23.5 Å². The number of hydrogen-bond acceptors (Lipinski definition) is 8. The van der Waals surface area contributed by atoms with E-state index < -0.39 is 4.08 Å². The van der Waals surface area contributed by atoms with Gasteiger partial charge in [-0.15, -0.1) is 0 Å². The highest BCUT2D eigenvalue weighted by atomic mass is 32.2. The van der Waals surface area contributed by atoms with Crippen molar-refractivity contribution in [2.75, 3.05) is 33.9 Å². The summed E-state index contributed by atoms with van der Waals surface area (Å²) in [6.45, 7) is 1.73. The van der Waals surface area contributed by atoms with Crippen LogP contribution in [0.25, 0.3) is 0 Å². The van der Waals surface area contributed by atoms with Gasteiger partial charge in [0, 0.05) is 30.0 Å². The molecule has 9 N–H and O–H groups in total. The van der Waals surface area contributed by atoms with Gasteiger partial charge >= 0.3 is 0 Å². The van der Waals surface area contributed by atoms with Crippen LogP contribution in [0.4, 0.5) is 0 Å². The van der Waals surface area contributed by atoms with Crippen molar-refractivity contribution in [2.24, 2.45) is 21.5 Å². The first-order chi connectivity index (χ1) is 16.3. The van der Waals surface area contributed by atoms with Crippen molar-refractivity contribution >= 4 is 35.2 Å². The van der Waals surface area contributed by atoms with Gasteiger partial charge in [0.2, 0.25) is 0 Å². The Bertz CT molecular complexity index is 1170. The number of rotatable bonds is 8. The van der Waals surface area contributed by atoms with E-state index in [-0.39, 0.29) is 17.5 Å². The fraction of sp³-hybridized carbons (Fsp3) is 0.391. The molecule has 0 amide bonds. The van der Waals surface area contributed by atoms with Gasteiger partial charge in [-0.2, -0.15) is 0 Å². The average Bonchev–Trinajstić information content (AvgIpc) is 3.19. The molecule has 2 heterocycles. The minimum Gasteiger partial charge on any atom is -0.504 e. The van der Waals surface area contributed by atoms with Crippen molar-refractivity contribution in [3.8, 4) is 23.0 Å². The predicted octanol–water partition coefficient (Wildman–Crippen LogP) is 1.50. The quantitative estimate of drug-likeness (QED) is 0.205. The Hall–Kier alpha value is -2.76. The molecule has 1 unspecified atom stereocenters. The molecule has 2 aromatic carbocycles. The number of quaternary nitrogens is 1. The standard InChI is InChI=1S/C23H29N5O4S2/c1-31-17-10-13(3-6-24)19-20(18(17)32-2)34-23(33-19,5-8-28-22(25)26)21-14-11-16(30)15(29)9-12(14)4-7-27-21/h9-11,29-30H,3-8,24H2,1-2H3,(H4,25,26,28)/p+1. The number of hydrogen-bond donors (Lipinski definition) is 5. The number of aliphatic imine (C=N–C) groups is 2. The second kappa shape index (κ2) is 9.85. The third kappa shape index (κ3) is 4.35. The number of guanidine groups is 1. The molecule has 2 aromatic rings. The Balaban J connectivity index is 1.88. The monoisotopic (exact) mass is 504 g/mol. The SMILES string of the molecule is COc1cc(CC[NH3+])c2c(c1OC)SC(CCN=C(N)N)(C1=NCCc3cc(O)c(O)cc31)S2. The summed E-state index contributed by atoms with van der Waals surface area (Å²) in [5.41, 5.74) is 19.0. The summed E-state index contributed by atoms with van der Waals surface area (Å²) >= 11 is 3.35. The lowest BCUT2D eigenvalue weighted by Crippen LogP contribution is -2.51. The molecule has 0 radical (unpaired) electrons. The summed E-state index contributed by atoms with van der Waals surface area (Å²) in [5, 5.41) is 20.4. The number of ether oxygens (including phenoxy) is 2. The van der Waals surface area contributed by atoms with Gasteiger partial charge < -0.3 is 36.9 Å². The predicted molar refractivity (Wildman–Crippen MR) is 136 cm³/mol. The Kier molecular flexibility index (Phi) is 7.06. The molecule has 2 aliphatic heterocycles. The largest absolute Gasteiger partial charge is 0.504 e. The van der Waals surface area contributed by atoms with E-state index in [2.05, 4.69) is 10.7 Å². The van der Waals surface area contributed by atoms with E-state index in [4.69, 9.17) is 25.9 Å². The lowest BCUT2D eigenvalue weighted by molar-refractivity contribution is -0.366. The summed E-state index contributed by atoms with van der Waals surface area (Å²) < 4.78 is 10.9. The topological polar surface area (TPSA) is 163 Å². The van der Waals surface area contributed by atoms with Crippen LogP contribution in [0, 0.1) is 0 Å². The third-order valence-electron chi connectivity index (χ3n) is 5.84. The van der Waals surface area contributed by atoms with E-state index in [9.17, 15) is 10.2 Å². The zero-order chi connectivity index (χ0) is 24.5. The van der Waals surface area contributed by atoms with Gasteiger partial charge in [-0.25, -0.2) is 0 Å². The normalized spacial score (nSPS) is 18.6. The van der Waals surface area contributed by atoms with Gasteiger partial charge in [0.25, 0.3) is 0 Å². The Morgan fingerprint density at radius 3 is 2.56 bits per heavy atom. The molecule has 34 heavy (non-hydrogen) atoms. The maximum atomic E-state index is 10.3. The first-order valence-electron chi connectivity index (χ1n) is 10.9. The van der Waals surface area contributed by atoms with Crippen LogP contribution in [0.5, 0.6) is 23.0 Å². The summed E-state index contributed by atoms with van der Waals surface area (Å²) in [7, 11) is 3.27. The maximum Gasteiger partial charge on any atom is 0.185 e. The average molecular weight is 505 g/mol. The lowest BCUT2D eigenvalue weighted by Gasteiger charge is -2.32. The van der Waals surface area contributed by atoms with Crippen molar-refractivity contribution in [1.29, 1.82) is 0 Å². The molecule has 0 fully saturated rings. The second-order valence-electron chi connectivity index (χ2n) is 8.03. The van der Waals surface area contributed by atoms with Crippen molar-refractivity contribution < 1.29 is 25.4 Å². The number of fused-ring (bicyclic) bond motifs is 2. The Morgan fingerprint density at radius 2 is 1.88 bits per heavy atom. The van der Waals surface area contributed by atoms with Crippen LogP contribution in [0.1, 0.15) is 23.1 Å². The van der Waals surface area contributed by atoms with Crippen molar-refractivity contribution in [3.63, 3.8) is 0 Å². The zero-order valence-electron chi connectivity index (χ0n) is 19.3. The number of phenols is 2. The van der Waals surface area contributed by atoms with Crippen molar-refractivity contribution in [1.82, 2.24) is 0 Å². The number of nitrogens with zero attached hydrogens (tertiary/aromatic N) is 2. The van der Waals surface area contributed by atoms with Gasteiger partial charge in [-0.05, 0) is 42.2 Å². The minimum atomic E-state index is -0.574. The third-order valence-corrected chi connectivity index (χ3v) is 9.19. The highest BCUT2D eigenvalue weighted by Crippen LogP contribution is 2.64.